The molecule has 1 aromatic rings. The van der Waals surface area contributed by atoms with Gasteiger partial charge in [-0.2, -0.15) is 4.37 Å². The van der Waals surface area contributed by atoms with Crippen molar-refractivity contribution in [2.75, 3.05) is 7.05 Å². The summed E-state index contributed by atoms with van der Waals surface area (Å²) in [7, 11) is 1.87. The van der Waals surface area contributed by atoms with E-state index >= 15 is 0 Å². The molecule has 50 valence electrons. The second-order valence-corrected chi connectivity index (χ2v) is 3.52. The lowest BCUT2D eigenvalue weighted by Crippen LogP contribution is -2.06. The molecular weight excluding hydrogens is 202 g/mol. The average Bonchev–Trinajstić information content (AvgIpc) is 2.17. The fourth-order valence-electron chi connectivity index (χ4n) is 0.463. The topological polar surface area (TPSA) is 37.8 Å². The molecule has 0 amide bonds. The lowest BCUT2D eigenvalue weighted by molar-refractivity contribution is 0.774. The molecule has 0 radical (unpaired) electrons. The third kappa shape index (κ3) is 2.00. The fraction of sp³-hybridized carbons (Fsp3) is 0.500. The van der Waals surface area contributed by atoms with E-state index in [1.807, 2.05) is 7.05 Å². The van der Waals surface area contributed by atoms with Gasteiger partial charge < -0.3 is 5.32 Å². The van der Waals surface area contributed by atoms with E-state index in [9.17, 15) is 0 Å². The van der Waals surface area contributed by atoms with Gasteiger partial charge in [-0.1, -0.05) is 0 Å². The van der Waals surface area contributed by atoms with Crippen LogP contribution in [0.15, 0.2) is 3.92 Å². The predicted molar refractivity (Wildman–Crippen MR) is 40.4 cm³/mol. The summed E-state index contributed by atoms with van der Waals surface area (Å²) >= 11 is 4.58. The van der Waals surface area contributed by atoms with Crippen LogP contribution in [0.5, 0.6) is 0 Å². The van der Waals surface area contributed by atoms with Gasteiger partial charge in [-0.05, 0) is 34.5 Å². The molecule has 0 aromatic carbocycles. The standard InChI is InChI=1S/C4H6BrN3S/c1-6-2-3-7-4(5)9-8-3/h6H,2H2,1H3. The van der Waals surface area contributed by atoms with E-state index in [0.29, 0.717) is 0 Å². The van der Waals surface area contributed by atoms with Gasteiger partial charge in [0.05, 0.1) is 6.54 Å². The molecular formula is C4H6BrN3S. The third-order valence-electron chi connectivity index (χ3n) is 0.778. The minimum atomic E-state index is 0.738. The first-order valence-corrected chi connectivity index (χ1v) is 4.02. The lowest BCUT2D eigenvalue weighted by Gasteiger charge is -1.87. The summed E-state index contributed by atoms with van der Waals surface area (Å²) in [5, 5.41) is 2.96. The molecule has 0 bridgehead atoms. The number of hydrogen-bond donors (Lipinski definition) is 1. The predicted octanol–water partition coefficient (Wildman–Crippen LogP) is 1.02. The molecule has 0 saturated carbocycles. The van der Waals surface area contributed by atoms with Crippen molar-refractivity contribution in [3.63, 3.8) is 0 Å². The largest absolute Gasteiger partial charge is 0.313 e. The van der Waals surface area contributed by atoms with Gasteiger partial charge in [0.1, 0.15) is 0 Å². The molecule has 9 heavy (non-hydrogen) atoms. The Bertz CT molecular complexity index is 188. The molecule has 5 heteroatoms. The van der Waals surface area contributed by atoms with Gasteiger partial charge in [0, 0.05) is 0 Å². The Balaban J connectivity index is 2.61. The molecule has 3 nitrogen and oxygen atoms in total. The second-order valence-electron chi connectivity index (χ2n) is 1.49. The zero-order valence-corrected chi connectivity index (χ0v) is 7.29. The van der Waals surface area contributed by atoms with Crippen molar-refractivity contribution >= 4 is 27.5 Å². The molecule has 0 unspecified atom stereocenters. The molecule has 0 aliphatic carbocycles. The molecule has 0 fully saturated rings. The summed E-state index contributed by atoms with van der Waals surface area (Å²) in [5.41, 5.74) is 0. The fourth-order valence-corrected chi connectivity index (χ4v) is 1.32. The quantitative estimate of drug-likeness (QED) is 0.788. The Kier molecular flexibility index (Phi) is 2.56. The summed E-state index contributed by atoms with van der Waals surface area (Å²) in [6.45, 7) is 0.738. The first-order valence-electron chi connectivity index (χ1n) is 2.45. The van der Waals surface area contributed by atoms with E-state index in [1.54, 1.807) is 0 Å². The van der Waals surface area contributed by atoms with Gasteiger partial charge in [-0.3, -0.25) is 0 Å². The maximum atomic E-state index is 4.06. The number of rotatable bonds is 2. The van der Waals surface area contributed by atoms with Gasteiger partial charge in [-0.15, -0.1) is 0 Å². The van der Waals surface area contributed by atoms with Crippen molar-refractivity contribution in [1.82, 2.24) is 14.7 Å². The van der Waals surface area contributed by atoms with Crippen LogP contribution in [0.3, 0.4) is 0 Å². The van der Waals surface area contributed by atoms with Crippen LogP contribution < -0.4 is 5.32 Å². The van der Waals surface area contributed by atoms with E-state index in [4.69, 9.17) is 0 Å². The highest BCUT2D eigenvalue weighted by atomic mass is 79.9. The zero-order chi connectivity index (χ0) is 6.69. The van der Waals surface area contributed by atoms with E-state index < -0.39 is 0 Å². The first-order chi connectivity index (χ1) is 4.33. The molecule has 1 N–H and O–H groups in total. The van der Waals surface area contributed by atoms with E-state index in [2.05, 4.69) is 30.6 Å². The molecule has 0 aliphatic rings. The molecule has 1 heterocycles. The summed E-state index contributed by atoms with van der Waals surface area (Å²) in [5.74, 6) is 0.842. The SMILES string of the molecule is CNCc1nsc(Br)n1. The molecule has 0 saturated heterocycles. The molecule has 0 spiro atoms. The van der Waals surface area contributed by atoms with Crippen molar-refractivity contribution in [2.45, 2.75) is 6.54 Å². The van der Waals surface area contributed by atoms with Crippen molar-refractivity contribution in [3.05, 3.63) is 9.74 Å². The van der Waals surface area contributed by atoms with Gasteiger partial charge in [0.15, 0.2) is 9.74 Å². The summed E-state index contributed by atoms with van der Waals surface area (Å²) in [6.07, 6.45) is 0. The highest BCUT2D eigenvalue weighted by Crippen LogP contribution is 2.10. The second kappa shape index (κ2) is 3.24. The van der Waals surface area contributed by atoms with Crippen molar-refractivity contribution in [3.8, 4) is 0 Å². The van der Waals surface area contributed by atoms with Gasteiger partial charge >= 0.3 is 0 Å². The van der Waals surface area contributed by atoms with Crippen LogP contribution >= 0.6 is 27.5 Å². The average molecular weight is 208 g/mol. The van der Waals surface area contributed by atoms with Crippen LogP contribution in [0.2, 0.25) is 0 Å². The first kappa shape index (κ1) is 7.11. The maximum Gasteiger partial charge on any atom is 0.179 e. The zero-order valence-electron chi connectivity index (χ0n) is 4.89. The smallest absolute Gasteiger partial charge is 0.179 e. The van der Waals surface area contributed by atoms with E-state index in [0.717, 1.165) is 16.3 Å². The molecule has 1 rings (SSSR count). The number of nitrogens with one attached hydrogen (secondary N) is 1. The lowest BCUT2D eigenvalue weighted by atomic mass is 10.6. The Labute approximate surface area is 65.8 Å². The normalized spacial score (nSPS) is 10.0. The van der Waals surface area contributed by atoms with Crippen molar-refractivity contribution < 1.29 is 0 Å². The highest BCUT2D eigenvalue weighted by Gasteiger charge is 1.96. The van der Waals surface area contributed by atoms with Gasteiger partial charge in [0.25, 0.3) is 0 Å². The molecule has 1 aromatic heterocycles. The van der Waals surface area contributed by atoms with Crippen molar-refractivity contribution in [1.29, 1.82) is 0 Å². The Morgan fingerprint density at radius 2 is 2.56 bits per heavy atom. The number of halogens is 1. The number of hydrogen-bond acceptors (Lipinski definition) is 4. The third-order valence-corrected chi connectivity index (χ3v) is 1.93. The number of nitrogens with zero attached hydrogens (tertiary/aromatic N) is 2. The van der Waals surface area contributed by atoms with Crippen molar-refractivity contribution in [2.24, 2.45) is 0 Å². The maximum absolute atomic E-state index is 4.06. The van der Waals surface area contributed by atoms with E-state index in [1.165, 1.54) is 11.5 Å². The highest BCUT2D eigenvalue weighted by molar-refractivity contribution is 9.11. The van der Waals surface area contributed by atoms with Crippen LogP contribution in [-0.2, 0) is 6.54 Å². The van der Waals surface area contributed by atoms with Crippen LogP contribution in [-0.4, -0.2) is 16.4 Å². The van der Waals surface area contributed by atoms with Gasteiger partial charge in [-0.25, -0.2) is 4.98 Å². The van der Waals surface area contributed by atoms with Gasteiger partial charge in [0.2, 0.25) is 0 Å². The Morgan fingerprint density at radius 1 is 1.78 bits per heavy atom. The minimum Gasteiger partial charge on any atom is -0.313 e. The summed E-state index contributed by atoms with van der Waals surface area (Å²) < 4.78 is 4.87. The van der Waals surface area contributed by atoms with Crippen LogP contribution in [0.4, 0.5) is 0 Å². The monoisotopic (exact) mass is 207 g/mol. The minimum absolute atomic E-state index is 0.738. The van der Waals surface area contributed by atoms with Crippen LogP contribution in [0.1, 0.15) is 5.82 Å². The summed E-state index contributed by atoms with van der Waals surface area (Å²) in [4.78, 5) is 4.06. The Morgan fingerprint density at radius 3 is 3.00 bits per heavy atom. The Hall–Kier alpha value is -0.0000000000000000555. The molecule has 0 aliphatic heterocycles. The van der Waals surface area contributed by atoms with Crippen LogP contribution in [0.25, 0.3) is 0 Å². The van der Waals surface area contributed by atoms with Crippen LogP contribution in [0, 0.1) is 0 Å². The summed E-state index contributed by atoms with van der Waals surface area (Å²) in [6, 6.07) is 0. The number of aromatic nitrogens is 2. The van der Waals surface area contributed by atoms with E-state index in [-0.39, 0.29) is 0 Å². The molecule has 0 atom stereocenters.